The van der Waals surface area contributed by atoms with Gasteiger partial charge in [0, 0.05) is 0 Å². The summed E-state index contributed by atoms with van der Waals surface area (Å²) in [5, 5.41) is 8.01. The van der Waals surface area contributed by atoms with Crippen molar-refractivity contribution in [2.75, 3.05) is 6.61 Å². The normalized spacial score (nSPS) is 15.6. The van der Waals surface area contributed by atoms with E-state index in [1.54, 1.807) is 0 Å². The summed E-state index contributed by atoms with van der Waals surface area (Å²) in [6.45, 7) is -0.107. The van der Waals surface area contributed by atoms with Crippen LogP contribution in [-0.2, 0) is 0 Å². The minimum absolute atomic E-state index is 0.107. The number of rotatable bonds is 3. The third kappa shape index (κ3) is 2.37. The molecule has 0 fully saturated rings. The highest BCUT2D eigenvalue weighted by Gasteiger charge is 2.16. The molecule has 1 nitrogen and oxygen atoms in total. The van der Waals surface area contributed by atoms with Gasteiger partial charge < -0.3 is 5.11 Å². The number of hydrogen-bond acceptors (Lipinski definition) is 1. The second-order valence-electron chi connectivity index (χ2n) is 2.51. The molecule has 0 bridgehead atoms. The molecule has 1 rings (SSSR count). The third-order valence-electron chi connectivity index (χ3n) is 1.61. The van der Waals surface area contributed by atoms with Gasteiger partial charge >= 0.3 is 0 Å². The van der Waals surface area contributed by atoms with E-state index in [1.165, 1.54) is 0 Å². The molecule has 3 heteroatoms. The largest absolute Gasteiger partial charge is 0.395 e. The van der Waals surface area contributed by atoms with Crippen molar-refractivity contribution in [3.05, 3.63) is 35.9 Å². The average molecular weight is 205 g/mol. The van der Waals surface area contributed by atoms with Gasteiger partial charge in [-0.1, -0.05) is 30.3 Å². The molecule has 0 aromatic heterocycles. The van der Waals surface area contributed by atoms with Crippen LogP contribution in [0.4, 0.5) is 0 Å². The Hall–Kier alpha value is -0.240. The quantitative estimate of drug-likeness (QED) is 0.752. The molecule has 0 aliphatic carbocycles. The molecule has 0 saturated heterocycles. The molecular formula is C9H10Cl2O. The van der Waals surface area contributed by atoms with Gasteiger partial charge in [-0.15, -0.1) is 23.2 Å². The second kappa shape index (κ2) is 4.70. The van der Waals surface area contributed by atoms with E-state index in [1.807, 2.05) is 30.3 Å². The van der Waals surface area contributed by atoms with Crippen LogP contribution in [-0.4, -0.2) is 17.1 Å². The van der Waals surface area contributed by atoms with Gasteiger partial charge in [-0.3, -0.25) is 0 Å². The fourth-order valence-electron chi connectivity index (χ4n) is 0.938. The summed E-state index contributed by atoms with van der Waals surface area (Å²) >= 11 is 11.7. The maximum Gasteiger partial charge on any atom is 0.0771 e. The lowest BCUT2D eigenvalue weighted by atomic mass is 10.1. The van der Waals surface area contributed by atoms with Gasteiger partial charge in [0.05, 0.1) is 17.4 Å². The SMILES string of the molecule is OC[C@@H](Cl)[C@@H](Cl)c1ccccc1. The van der Waals surface area contributed by atoms with Gasteiger partial charge in [-0.25, -0.2) is 0 Å². The fraction of sp³-hybridized carbons (Fsp3) is 0.333. The number of alkyl halides is 2. The Morgan fingerprint density at radius 1 is 1.17 bits per heavy atom. The molecule has 12 heavy (non-hydrogen) atoms. The van der Waals surface area contributed by atoms with Crippen molar-refractivity contribution in [3.63, 3.8) is 0 Å². The van der Waals surface area contributed by atoms with Gasteiger partial charge in [0.15, 0.2) is 0 Å². The summed E-state index contributed by atoms with van der Waals surface area (Å²) in [7, 11) is 0. The van der Waals surface area contributed by atoms with E-state index in [0.29, 0.717) is 0 Å². The molecule has 66 valence electrons. The molecule has 0 amide bonds. The van der Waals surface area contributed by atoms with E-state index in [0.717, 1.165) is 5.56 Å². The third-order valence-corrected chi connectivity index (χ3v) is 2.69. The van der Waals surface area contributed by atoms with Crippen LogP contribution in [0.3, 0.4) is 0 Å². The molecule has 1 aromatic carbocycles. The van der Waals surface area contributed by atoms with Crippen molar-refractivity contribution in [2.45, 2.75) is 10.8 Å². The van der Waals surface area contributed by atoms with Crippen LogP contribution in [0, 0.1) is 0 Å². The van der Waals surface area contributed by atoms with Gasteiger partial charge in [0.1, 0.15) is 0 Å². The van der Waals surface area contributed by atoms with Crippen LogP contribution >= 0.6 is 23.2 Å². The first-order chi connectivity index (χ1) is 5.75. The van der Waals surface area contributed by atoms with Crippen LogP contribution in [0.15, 0.2) is 30.3 Å². The number of halogens is 2. The van der Waals surface area contributed by atoms with Gasteiger partial charge in [0.25, 0.3) is 0 Å². The molecule has 1 aromatic rings. The number of benzene rings is 1. The topological polar surface area (TPSA) is 20.2 Å². The minimum Gasteiger partial charge on any atom is -0.395 e. The van der Waals surface area contributed by atoms with Crippen molar-refractivity contribution in [2.24, 2.45) is 0 Å². The Morgan fingerprint density at radius 2 is 1.75 bits per heavy atom. The molecule has 2 atom stereocenters. The molecule has 0 heterocycles. The lowest BCUT2D eigenvalue weighted by Crippen LogP contribution is -2.11. The van der Waals surface area contributed by atoms with Crippen LogP contribution in [0.1, 0.15) is 10.9 Å². The zero-order valence-electron chi connectivity index (χ0n) is 6.45. The molecule has 0 unspecified atom stereocenters. The van der Waals surface area contributed by atoms with E-state index in [4.69, 9.17) is 28.3 Å². The summed E-state index contributed by atoms with van der Waals surface area (Å²) in [6.07, 6.45) is 0. The van der Waals surface area contributed by atoms with Crippen LogP contribution in [0.5, 0.6) is 0 Å². The Morgan fingerprint density at radius 3 is 2.25 bits per heavy atom. The highest BCUT2D eigenvalue weighted by molar-refractivity contribution is 6.30. The maximum atomic E-state index is 8.75. The molecule has 0 spiro atoms. The Labute approximate surface area is 81.9 Å². The zero-order valence-corrected chi connectivity index (χ0v) is 7.96. The molecular weight excluding hydrogens is 195 g/mol. The highest BCUT2D eigenvalue weighted by Crippen LogP contribution is 2.27. The van der Waals surface area contributed by atoms with Crippen LogP contribution in [0.25, 0.3) is 0 Å². The molecule has 0 saturated carbocycles. The van der Waals surface area contributed by atoms with E-state index in [2.05, 4.69) is 0 Å². The Balaban J connectivity index is 2.71. The fourth-order valence-corrected chi connectivity index (χ4v) is 1.31. The zero-order chi connectivity index (χ0) is 8.97. The van der Waals surface area contributed by atoms with E-state index < -0.39 is 5.38 Å². The first-order valence-corrected chi connectivity index (χ1v) is 4.57. The molecule has 1 N–H and O–H groups in total. The predicted molar refractivity (Wildman–Crippen MR) is 51.8 cm³/mol. The van der Waals surface area contributed by atoms with Crippen molar-refractivity contribution >= 4 is 23.2 Å². The molecule has 0 radical (unpaired) electrons. The van der Waals surface area contributed by atoms with Crippen molar-refractivity contribution < 1.29 is 5.11 Å². The molecule has 0 aliphatic heterocycles. The summed E-state index contributed by atoms with van der Waals surface area (Å²) in [6, 6.07) is 9.48. The maximum absolute atomic E-state index is 8.75. The Kier molecular flexibility index (Phi) is 3.86. The Bertz CT molecular complexity index is 225. The predicted octanol–water partition coefficient (Wildman–Crippen LogP) is 2.57. The lowest BCUT2D eigenvalue weighted by molar-refractivity contribution is 0.290. The summed E-state index contributed by atoms with van der Waals surface area (Å²) in [4.78, 5) is 0. The van der Waals surface area contributed by atoms with E-state index in [9.17, 15) is 0 Å². The summed E-state index contributed by atoms with van der Waals surface area (Å²) in [5.74, 6) is 0. The van der Waals surface area contributed by atoms with Gasteiger partial charge in [0.2, 0.25) is 0 Å². The van der Waals surface area contributed by atoms with E-state index in [-0.39, 0.29) is 12.0 Å². The summed E-state index contributed by atoms with van der Waals surface area (Å²) < 4.78 is 0. The van der Waals surface area contributed by atoms with Crippen LogP contribution < -0.4 is 0 Å². The molecule has 0 aliphatic rings. The first-order valence-electron chi connectivity index (χ1n) is 3.69. The standard InChI is InChI=1S/C9H10Cl2O/c10-8(6-12)9(11)7-4-2-1-3-5-7/h1-5,8-9,12H,6H2/t8-,9+/m1/s1. The number of aliphatic hydroxyl groups excluding tert-OH is 1. The van der Waals surface area contributed by atoms with Gasteiger partial charge in [-0.2, -0.15) is 0 Å². The number of hydrogen-bond donors (Lipinski definition) is 1. The summed E-state index contributed by atoms with van der Waals surface area (Å²) in [5.41, 5.74) is 0.938. The minimum atomic E-state index is -0.422. The van der Waals surface area contributed by atoms with E-state index >= 15 is 0 Å². The van der Waals surface area contributed by atoms with Crippen molar-refractivity contribution in [3.8, 4) is 0 Å². The van der Waals surface area contributed by atoms with Crippen molar-refractivity contribution in [1.29, 1.82) is 0 Å². The lowest BCUT2D eigenvalue weighted by Gasteiger charge is -2.13. The highest BCUT2D eigenvalue weighted by atomic mass is 35.5. The average Bonchev–Trinajstić information content (AvgIpc) is 2.17. The van der Waals surface area contributed by atoms with Gasteiger partial charge in [-0.05, 0) is 5.56 Å². The number of aliphatic hydroxyl groups is 1. The van der Waals surface area contributed by atoms with Crippen molar-refractivity contribution in [1.82, 2.24) is 0 Å². The van der Waals surface area contributed by atoms with Crippen LogP contribution in [0.2, 0.25) is 0 Å². The first kappa shape index (κ1) is 9.85. The monoisotopic (exact) mass is 204 g/mol. The second-order valence-corrected chi connectivity index (χ2v) is 3.54. The smallest absolute Gasteiger partial charge is 0.0771 e.